The molecule has 4 atom stereocenters. The van der Waals surface area contributed by atoms with Gasteiger partial charge in [-0.2, -0.15) is 0 Å². The fraction of sp³-hybridized carbons (Fsp3) is 0.700. The van der Waals surface area contributed by atoms with Gasteiger partial charge in [0.2, 0.25) is 17.7 Å². The summed E-state index contributed by atoms with van der Waals surface area (Å²) in [5.74, 6) is -5.26. The highest BCUT2D eigenvalue weighted by Gasteiger charge is 2.30. The van der Waals surface area contributed by atoms with Crippen LogP contribution in [0.3, 0.4) is 0 Å². The zero-order chi connectivity index (χ0) is 27.1. The average molecular weight is 504 g/mol. The largest absolute Gasteiger partial charge is 0.481 e. The maximum absolute atomic E-state index is 12.9. The normalized spacial score (nSPS) is 14.2. The molecule has 0 aliphatic rings. The zero-order valence-electron chi connectivity index (χ0n) is 19.9. The molecule has 0 bridgehead atoms. The van der Waals surface area contributed by atoms with Crippen molar-refractivity contribution in [2.24, 2.45) is 28.1 Å². The van der Waals surface area contributed by atoms with Crippen LogP contribution in [0.2, 0.25) is 0 Å². The Morgan fingerprint density at radius 3 is 1.83 bits per heavy atom. The van der Waals surface area contributed by atoms with E-state index in [1.165, 1.54) is 0 Å². The summed E-state index contributed by atoms with van der Waals surface area (Å²) < 4.78 is 0. The van der Waals surface area contributed by atoms with E-state index in [1.54, 1.807) is 13.8 Å². The van der Waals surface area contributed by atoms with Crippen molar-refractivity contribution in [3.8, 4) is 0 Å². The number of rotatable bonds is 17. The van der Waals surface area contributed by atoms with Gasteiger partial charge in [-0.3, -0.25) is 24.2 Å². The third-order valence-corrected chi connectivity index (χ3v) is 4.71. The van der Waals surface area contributed by atoms with E-state index in [4.69, 9.17) is 27.4 Å². The Kier molecular flexibility index (Phi) is 14.6. The molecule has 0 heterocycles. The molecule has 4 unspecified atom stereocenters. The van der Waals surface area contributed by atoms with Crippen LogP contribution >= 0.6 is 0 Å². The standard InChI is InChI=1S/C20H37N7O8/c1-10(2)8-14(19(34)35)27-17(32)12(4-3-7-24-20(22)23)26-18(33)13(5-6-15(29)30)25-16(31)11(21)9-28/h10-14,28H,3-9,21H2,1-2H3,(H,25,31)(H,26,33)(H,27,32)(H,29,30)(H,34,35)(H4,22,23,24). The molecule has 0 fully saturated rings. The first-order valence-corrected chi connectivity index (χ1v) is 11.1. The number of aliphatic hydroxyl groups excluding tert-OH is 1. The van der Waals surface area contributed by atoms with Gasteiger partial charge >= 0.3 is 11.9 Å². The SMILES string of the molecule is CC(C)CC(NC(=O)C(CCCN=C(N)N)NC(=O)C(CCC(=O)O)NC(=O)C(N)CO)C(=O)O. The molecule has 0 spiro atoms. The molecule has 3 amide bonds. The van der Waals surface area contributed by atoms with Gasteiger partial charge < -0.3 is 48.5 Å². The minimum Gasteiger partial charge on any atom is -0.481 e. The summed E-state index contributed by atoms with van der Waals surface area (Å²) in [5.41, 5.74) is 16.0. The summed E-state index contributed by atoms with van der Waals surface area (Å²) in [5, 5.41) is 34.5. The van der Waals surface area contributed by atoms with Gasteiger partial charge in [0.05, 0.1) is 6.61 Å². The Labute approximate surface area is 202 Å². The van der Waals surface area contributed by atoms with Gasteiger partial charge in [-0.15, -0.1) is 0 Å². The monoisotopic (exact) mass is 503 g/mol. The van der Waals surface area contributed by atoms with E-state index in [0.717, 1.165) is 0 Å². The van der Waals surface area contributed by atoms with Crippen molar-refractivity contribution in [3.63, 3.8) is 0 Å². The Bertz CT molecular complexity index is 771. The van der Waals surface area contributed by atoms with E-state index < -0.39 is 66.9 Å². The zero-order valence-corrected chi connectivity index (χ0v) is 19.9. The van der Waals surface area contributed by atoms with E-state index >= 15 is 0 Å². The number of guanidine groups is 1. The van der Waals surface area contributed by atoms with Crippen LogP contribution in [0.5, 0.6) is 0 Å². The fourth-order valence-electron chi connectivity index (χ4n) is 2.91. The number of aliphatic imine (C=N–C) groups is 1. The number of nitrogens with two attached hydrogens (primary N) is 3. The molecule has 15 nitrogen and oxygen atoms in total. The van der Waals surface area contributed by atoms with Gasteiger partial charge in [-0.25, -0.2) is 4.79 Å². The number of aliphatic carboxylic acids is 2. The van der Waals surface area contributed by atoms with Gasteiger partial charge in [0.25, 0.3) is 0 Å². The van der Waals surface area contributed by atoms with Crippen molar-refractivity contribution in [2.75, 3.05) is 13.2 Å². The van der Waals surface area contributed by atoms with E-state index in [1.807, 2.05) is 0 Å². The average Bonchev–Trinajstić information content (AvgIpc) is 2.76. The van der Waals surface area contributed by atoms with Crippen LogP contribution in [0.25, 0.3) is 0 Å². The number of amides is 3. The number of hydrogen-bond acceptors (Lipinski definition) is 8. The summed E-state index contributed by atoms with van der Waals surface area (Å²) in [6, 6.07) is -5.16. The highest BCUT2D eigenvalue weighted by molar-refractivity contribution is 5.94. The molecule has 0 aliphatic heterocycles. The van der Waals surface area contributed by atoms with Gasteiger partial charge in [-0.05, 0) is 31.6 Å². The second kappa shape index (κ2) is 16.2. The molecule has 12 N–H and O–H groups in total. The molecule has 35 heavy (non-hydrogen) atoms. The summed E-state index contributed by atoms with van der Waals surface area (Å²) in [4.78, 5) is 64.1. The third kappa shape index (κ3) is 13.7. The smallest absolute Gasteiger partial charge is 0.326 e. The molecule has 0 saturated carbocycles. The molecular weight excluding hydrogens is 466 g/mol. The molecule has 0 rings (SSSR count). The van der Waals surface area contributed by atoms with Crippen LogP contribution in [0.15, 0.2) is 4.99 Å². The van der Waals surface area contributed by atoms with Gasteiger partial charge in [-0.1, -0.05) is 13.8 Å². The Balaban J connectivity index is 5.64. The number of carbonyl (C=O) groups excluding carboxylic acids is 3. The van der Waals surface area contributed by atoms with Crippen LogP contribution < -0.4 is 33.2 Å². The van der Waals surface area contributed by atoms with Crippen molar-refractivity contribution in [3.05, 3.63) is 0 Å². The fourth-order valence-corrected chi connectivity index (χ4v) is 2.91. The molecule has 0 radical (unpaired) electrons. The Morgan fingerprint density at radius 2 is 1.37 bits per heavy atom. The number of carboxylic acids is 2. The molecule has 15 heteroatoms. The van der Waals surface area contributed by atoms with Crippen molar-refractivity contribution in [2.45, 2.75) is 70.1 Å². The van der Waals surface area contributed by atoms with Crippen molar-refractivity contribution in [1.29, 1.82) is 0 Å². The first-order chi connectivity index (χ1) is 16.3. The molecule has 0 saturated heterocycles. The molecule has 0 aliphatic carbocycles. The van der Waals surface area contributed by atoms with Crippen molar-refractivity contribution < 1.29 is 39.3 Å². The second-order valence-electron chi connectivity index (χ2n) is 8.32. The number of nitrogens with zero attached hydrogens (tertiary/aromatic N) is 1. The summed E-state index contributed by atoms with van der Waals surface area (Å²) in [7, 11) is 0. The third-order valence-electron chi connectivity index (χ3n) is 4.71. The minimum atomic E-state index is -1.38. The molecule has 0 aromatic carbocycles. The van der Waals surface area contributed by atoms with Crippen LogP contribution in [-0.2, 0) is 24.0 Å². The maximum atomic E-state index is 12.9. The number of carboxylic acid groups (broad SMARTS) is 2. The first kappa shape index (κ1) is 31.5. The number of carbonyl (C=O) groups is 5. The van der Waals surface area contributed by atoms with E-state index in [9.17, 15) is 29.1 Å². The van der Waals surface area contributed by atoms with E-state index in [0.29, 0.717) is 0 Å². The van der Waals surface area contributed by atoms with Gasteiger partial charge in [0.1, 0.15) is 24.2 Å². The lowest BCUT2D eigenvalue weighted by Crippen LogP contribution is -2.57. The van der Waals surface area contributed by atoms with Crippen LogP contribution in [0.4, 0.5) is 0 Å². The van der Waals surface area contributed by atoms with Crippen LogP contribution in [-0.4, -0.2) is 88.3 Å². The maximum Gasteiger partial charge on any atom is 0.326 e. The molecule has 0 aromatic heterocycles. The second-order valence-corrected chi connectivity index (χ2v) is 8.32. The Morgan fingerprint density at radius 1 is 0.857 bits per heavy atom. The van der Waals surface area contributed by atoms with Crippen LogP contribution in [0.1, 0.15) is 46.0 Å². The van der Waals surface area contributed by atoms with Crippen molar-refractivity contribution >= 4 is 35.6 Å². The number of hydrogen-bond donors (Lipinski definition) is 9. The molecule has 200 valence electrons. The predicted octanol–water partition coefficient (Wildman–Crippen LogP) is -3.19. The van der Waals surface area contributed by atoms with E-state index in [-0.39, 0.29) is 44.1 Å². The highest BCUT2D eigenvalue weighted by atomic mass is 16.4. The first-order valence-electron chi connectivity index (χ1n) is 11.1. The van der Waals surface area contributed by atoms with Gasteiger partial charge in [0, 0.05) is 13.0 Å². The molecular formula is C20H37N7O8. The lowest BCUT2D eigenvalue weighted by Gasteiger charge is -2.25. The lowest BCUT2D eigenvalue weighted by atomic mass is 10.0. The predicted molar refractivity (Wildman–Crippen MR) is 125 cm³/mol. The number of aliphatic hydroxyl groups is 1. The topological polar surface area (TPSA) is 273 Å². The summed E-state index contributed by atoms with van der Waals surface area (Å²) in [6.07, 6.45) is -0.411. The summed E-state index contributed by atoms with van der Waals surface area (Å²) >= 11 is 0. The van der Waals surface area contributed by atoms with E-state index in [2.05, 4.69) is 20.9 Å². The minimum absolute atomic E-state index is 0.0120. The number of nitrogens with one attached hydrogen (secondary N) is 3. The highest BCUT2D eigenvalue weighted by Crippen LogP contribution is 2.08. The quantitative estimate of drug-likeness (QED) is 0.0541. The Hall–Kier alpha value is -3.46. The molecule has 0 aromatic rings. The van der Waals surface area contributed by atoms with Crippen molar-refractivity contribution in [1.82, 2.24) is 16.0 Å². The lowest BCUT2D eigenvalue weighted by molar-refractivity contribution is -0.142. The van der Waals surface area contributed by atoms with Gasteiger partial charge in [0.15, 0.2) is 5.96 Å². The summed E-state index contributed by atoms with van der Waals surface area (Å²) in [6.45, 7) is 2.98. The van der Waals surface area contributed by atoms with Crippen LogP contribution in [0, 0.1) is 5.92 Å².